The highest BCUT2D eigenvalue weighted by Crippen LogP contribution is 2.46. The Hall–Kier alpha value is -1.95. The second kappa shape index (κ2) is 10.2. The van der Waals surface area contributed by atoms with Crippen LogP contribution in [0.1, 0.15) is 85.6 Å². The maximum Gasteiger partial charge on any atom is 0.410 e. The molecule has 3 aliphatic rings. The number of morpholine rings is 1. The van der Waals surface area contributed by atoms with E-state index < -0.39 is 5.60 Å². The summed E-state index contributed by atoms with van der Waals surface area (Å²) in [6, 6.07) is 7.12. The van der Waals surface area contributed by atoms with Crippen LogP contribution in [0.15, 0.2) is 18.2 Å². The van der Waals surface area contributed by atoms with E-state index in [4.69, 9.17) is 9.47 Å². The summed E-state index contributed by atoms with van der Waals surface area (Å²) < 4.78 is 11.6. The SMILES string of the molecule is CC1CN(c2ccc(N3CCN(C(=O)OC(C)(C)C)CC3)c(C3CCC(C)(C)CC3)c2)CC(C)O1. The van der Waals surface area contributed by atoms with Gasteiger partial charge >= 0.3 is 6.09 Å². The van der Waals surface area contributed by atoms with E-state index >= 15 is 0 Å². The number of hydrogen-bond donors (Lipinski definition) is 0. The van der Waals surface area contributed by atoms with Crippen molar-refractivity contribution in [1.82, 2.24) is 4.90 Å². The number of carbonyl (C=O) groups is 1. The Balaban J connectivity index is 1.54. The van der Waals surface area contributed by atoms with Gasteiger partial charge in [0.25, 0.3) is 0 Å². The number of carbonyl (C=O) groups excluding carboxylic acids is 1. The molecule has 2 saturated heterocycles. The largest absolute Gasteiger partial charge is 0.444 e. The molecule has 0 radical (unpaired) electrons. The maximum absolute atomic E-state index is 12.6. The summed E-state index contributed by atoms with van der Waals surface area (Å²) >= 11 is 0. The van der Waals surface area contributed by atoms with Crippen LogP contribution in [-0.4, -0.2) is 68.1 Å². The van der Waals surface area contributed by atoms with E-state index in [9.17, 15) is 4.79 Å². The molecule has 35 heavy (non-hydrogen) atoms. The van der Waals surface area contributed by atoms with Crippen molar-refractivity contribution in [2.45, 2.75) is 97.9 Å². The summed E-state index contributed by atoms with van der Waals surface area (Å²) in [5.74, 6) is 0.595. The average Bonchev–Trinajstić information content (AvgIpc) is 2.77. The van der Waals surface area contributed by atoms with Gasteiger partial charge in [0.1, 0.15) is 5.60 Å². The normalized spacial score (nSPS) is 26.1. The topological polar surface area (TPSA) is 45.2 Å². The van der Waals surface area contributed by atoms with Gasteiger partial charge in [-0.15, -0.1) is 0 Å². The van der Waals surface area contributed by atoms with Gasteiger partial charge in [0, 0.05) is 50.6 Å². The van der Waals surface area contributed by atoms with Crippen molar-refractivity contribution in [3.63, 3.8) is 0 Å². The quantitative estimate of drug-likeness (QED) is 0.522. The molecule has 2 atom stereocenters. The Morgan fingerprint density at radius 2 is 1.57 bits per heavy atom. The molecule has 1 aromatic carbocycles. The molecule has 2 heterocycles. The minimum atomic E-state index is -0.458. The lowest BCUT2D eigenvalue weighted by Gasteiger charge is -2.41. The number of piperazine rings is 1. The van der Waals surface area contributed by atoms with Gasteiger partial charge in [0.2, 0.25) is 0 Å². The molecule has 1 amide bonds. The number of benzene rings is 1. The second-order valence-electron chi connectivity index (χ2n) is 12.8. The minimum Gasteiger partial charge on any atom is -0.444 e. The first-order valence-electron chi connectivity index (χ1n) is 13.7. The lowest BCUT2D eigenvalue weighted by molar-refractivity contribution is -0.00523. The molecular formula is C29H47N3O3. The predicted octanol–water partition coefficient (Wildman–Crippen LogP) is 6.04. The highest BCUT2D eigenvalue weighted by atomic mass is 16.6. The smallest absolute Gasteiger partial charge is 0.410 e. The van der Waals surface area contributed by atoms with Crippen LogP contribution in [0.2, 0.25) is 0 Å². The fourth-order valence-corrected chi connectivity index (χ4v) is 5.91. The van der Waals surface area contributed by atoms with Crippen LogP contribution in [0, 0.1) is 5.41 Å². The van der Waals surface area contributed by atoms with Crippen LogP contribution < -0.4 is 9.80 Å². The van der Waals surface area contributed by atoms with Crippen molar-refractivity contribution in [1.29, 1.82) is 0 Å². The number of anilines is 2. The fraction of sp³-hybridized carbons (Fsp3) is 0.759. The van der Waals surface area contributed by atoms with Crippen molar-refractivity contribution in [3.8, 4) is 0 Å². The molecule has 1 saturated carbocycles. The van der Waals surface area contributed by atoms with Crippen molar-refractivity contribution >= 4 is 17.5 Å². The lowest BCUT2D eigenvalue weighted by atomic mass is 9.71. The van der Waals surface area contributed by atoms with E-state index in [-0.39, 0.29) is 18.3 Å². The molecule has 6 heteroatoms. The summed E-state index contributed by atoms with van der Waals surface area (Å²) in [5, 5.41) is 0. The zero-order valence-corrected chi connectivity index (χ0v) is 23.1. The van der Waals surface area contributed by atoms with E-state index in [1.807, 2.05) is 25.7 Å². The first-order chi connectivity index (χ1) is 16.4. The molecule has 0 spiro atoms. The summed E-state index contributed by atoms with van der Waals surface area (Å²) in [6.45, 7) is 19.9. The van der Waals surface area contributed by atoms with Gasteiger partial charge in [-0.25, -0.2) is 4.79 Å². The first kappa shape index (κ1) is 26.1. The molecule has 3 fully saturated rings. The third kappa shape index (κ3) is 6.63. The Morgan fingerprint density at radius 1 is 0.971 bits per heavy atom. The van der Waals surface area contributed by atoms with Crippen LogP contribution in [0.5, 0.6) is 0 Å². The maximum atomic E-state index is 12.6. The van der Waals surface area contributed by atoms with Crippen LogP contribution in [0.4, 0.5) is 16.2 Å². The molecule has 1 aliphatic carbocycles. The van der Waals surface area contributed by atoms with Gasteiger partial charge in [0.05, 0.1) is 12.2 Å². The second-order valence-corrected chi connectivity index (χ2v) is 12.8. The minimum absolute atomic E-state index is 0.196. The van der Waals surface area contributed by atoms with Crippen molar-refractivity contribution in [3.05, 3.63) is 23.8 Å². The summed E-state index contributed by atoms with van der Waals surface area (Å²) in [4.78, 5) is 19.4. The van der Waals surface area contributed by atoms with Crippen LogP contribution in [-0.2, 0) is 9.47 Å². The standard InChI is InChI=1S/C29H47N3O3/c1-21-19-32(20-22(2)34-21)24-8-9-26(25(18-24)23-10-12-29(6,7)13-11-23)30-14-16-31(17-15-30)27(33)35-28(3,4)5/h8-9,18,21-23H,10-17,19-20H2,1-7H3. The summed E-state index contributed by atoms with van der Waals surface area (Å²) in [6.07, 6.45) is 5.35. The van der Waals surface area contributed by atoms with Crippen LogP contribution >= 0.6 is 0 Å². The van der Waals surface area contributed by atoms with Crippen LogP contribution in [0.3, 0.4) is 0 Å². The van der Waals surface area contributed by atoms with E-state index in [0.29, 0.717) is 24.4 Å². The molecule has 2 unspecified atom stereocenters. The summed E-state index contributed by atoms with van der Waals surface area (Å²) in [7, 11) is 0. The molecule has 1 aromatic rings. The average molecular weight is 486 g/mol. The Labute approximate surface area is 212 Å². The lowest BCUT2D eigenvalue weighted by Crippen LogP contribution is -2.50. The van der Waals surface area contributed by atoms with Gasteiger partial charge in [-0.2, -0.15) is 0 Å². The highest BCUT2D eigenvalue weighted by Gasteiger charge is 2.32. The molecule has 4 rings (SSSR count). The number of amides is 1. The van der Waals surface area contributed by atoms with Crippen LogP contribution in [0.25, 0.3) is 0 Å². The van der Waals surface area contributed by atoms with E-state index in [0.717, 1.165) is 26.2 Å². The van der Waals surface area contributed by atoms with E-state index in [1.54, 1.807) is 0 Å². The predicted molar refractivity (Wildman–Crippen MR) is 144 cm³/mol. The highest BCUT2D eigenvalue weighted by molar-refractivity contribution is 5.69. The van der Waals surface area contributed by atoms with Gasteiger partial charge in [0.15, 0.2) is 0 Å². The molecule has 6 nitrogen and oxygen atoms in total. The van der Waals surface area contributed by atoms with Gasteiger partial charge < -0.3 is 24.2 Å². The van der Waals surface area contributed by atoms with Crippen molar-refractivity contribution < 1.29 is 14.3 Å². The Morgan fingerprint density at radius 3 is 2.14 bits per heavy atom. The molecule has 0 aromatic heterocycles. The third-order valence-electron chi connectivity index (χ3n) is 7.85. The first-order valence-corrected chi connectivity index (χ1v) is 13.7. The van der Waals surface area contributed by atoms with Gasteiger partial charge in [-0.1, -0.05) is 13.8 Å². The molecule has 0 bridgehead atoms. The number of ether oxygens (including phenoxy) is 2. The number of nitrogens with zero attached hydrogens (tertiary/aromatic N) is 3. The zero-order chi connectivity index (χ0) is 25.4. The monoisotopic (exact) mass is 485 g/mol. The fourth-order valence-electron chi connectivity index (χ4n) is 5.91. The number of hydrogen-bond acceptors (Lipinski definition) is 5. The van der Waals surface area contributed by atoms with E-state index in [2.05, 4.69) is 55.7 Å². The van der Waals surface area contributed by atoms with Crippen molar-refractivity contribution in [2.24, 2.45) is 5.41 Å². The molecular weight excluding hydrogens is 438 g/mol. The Bertz CT molecular complexity index is 866. The molecule has 2 aliphatic heterocycles. The van der Waals surface area contributed by atoms with Gasteiger partial charge in [-0.05, 0) is 95.4 Å². The Kier molecular flexibility index (Phi) is 7.61. The third-order valence-corrected chi connectivity index (χ3v) is 7.85. The van der Waals surface area contributed by atoms with Gasteiger partial charge in [-0.3, -0.25) is 0 Å². The summed E-state index contributed by atoms with van der Waals surface area (Å²) in [5.41, 5.74) is 4.16. The number of rotatable bonds is 3. The molecule has 0 N–H and O–H groups in total. The van der Waals surface area contributed by atoms with Crippen molar-refractivity contribution in [2.75, 3.05) is 49.1 Å². The van der Waals surface area contributed by atoms with E-state index in [1.165, 1.54) is 42.6 Å². The zero-order valence-electron chi connectivity index (χ0n) is 23.1. The molecule has 196 valence electrons.